The molecule has 1 unspecified atom stereocenters. The van der Waals surface area contributed by atoms with Crippen molar-refractivity contribution in [3.63, 3.8) is 0 Å². The summed E-state index contributed by atoms with van der Waals surface area (Å²) in [7, 11) is -2.78. The zero-order valence-corrected chi connectivity index (χ0v) is 18.4. The SMILES string of the molecule is O=C(CI)Nc1cccc(C(=O)ON2C(=O)CC([S-](=O)=O)C2=O)c1.[Na+].[OH3+]. The molecule has 1 saturated heterocycles. The molecular formula is C13H13IN2NaO8S+. The van der Waals surface area contributed by atoms with Gasteiger partial charge in [-0.1, -0.05) is 39.4 Å². The molecule has 1 heterocycles. The number of hydrogen-bond acceptors (Lipinski definition) is 8. The van der Waals surface area contributed by atoms with Crippen molar-refractivity contribution in [2.24, 2.45) is 0 Å². The molecule has 4 N–H and O–H groups in total. The minimum atomic E-state index is -2.78. The fourth-order valence-electron chi connectivity index (χ4n) is 1.88. The molecule has 136 valence electrons. The van der Waals surface area contributed by atoms with E-state index in [-0.39, 0.29) is 56.0 Å². The number of alkyl halides is 1. The molecule has 0 aromatic heterocycles. The smallest absolute Gasteiger partial charge is 0.457 e. The first-order chi connectivity index (χ1) is 11.3. The zero-order valence-electron chi connectivity index (χ0n) is 13.5. The summed E-state index contributed by atoms with van der Waals surface area (Å²) in [6.07, 6.45) is -0.575. The predicted octanol–water partition coefficient (Wildman–Crippen LogP) is -3.35. The van der Waals surface area contributed by atoms with Crippen LogP contribution in [0.25, 0.3) is 0 Å². The van der Waals surface area contributed by atoms with E-state index >= 15 is 0 Å². The van der Waals surface area contributed by atoms with Gasteiger partial charge in [-0.05, 0) is 18.2 Å². The van der Waals surface area contributed by atoms with Crippen LogP contribution >= 0.6 is 22.6 Å². The van der Waals surface area contributed by atoms with Crippen molar-refractivity contribution in [1.29, 1.82) is 0 Å². The number of rotatable bonds is 5. The average Bonchev–Trinajstić information content (AvgIpc) is 2.83. The maximum absolute atomic E-state index is 12.0. The first-order valence-electron chi connectivity index (χ1n) is 6.46. The molecule has 2 rings (SSSR count). The van der Waals surface area contributed by atoms with Crippen molar-refractivity contribution in [1.82, 2.24) is 5.06 Å². The van der Waals surface area contributed by atoms with Crippen LogP contribution in [0.4, 0.5) is 5.69 Å². The van der Waals surface area contributed by atoms with Gasteiger partial charge < -0.3 is 24.0 Å². The second-order valence-electron chi connectivity index (χ2n) is 4.62. The number of amides is 3. The van der Waals surface area contributed by atoms with Crippen molar-refractivity contribution in [2.75, 3.05) is 9.74 Å². The number of imide groups is 1. The summed E-state index contributed by atoms with van der Waals surface area (Å²) in [5.74, 6) is -3.33. The van der Waals surface area contributed by atoms with E-state index < -0.39 is 40.2 Å². The van der Waals surface area contributed by atoms with E-state index in [9.17, 15) is 27.6 Å². The van der Waals surface area contributed by atoms with Crippen LogP contribution in [-0.4, -0.2) is 38.4 Å². The van der Waals surface area contributed by atoms with Crippen molar-refractivity contribution in [3.05, 3.63) is 29.8 Å². The fourth-order valence-corrected chi connectivity index (χ4v) is 2.61. The Labute approximate surface area is 185 Å². The van der Waals surface area contributed by atoms with Crippen LogP contribution in [0.1, 0.15) is 16.8 Å². The number of nitrogens with one attached hydrogen (secondary N) is 1. The van der Waals surface area contributed by atoms with Gasteiger partial charge in [-0.25, -0.2) is 4.79 Å². The number of nitrogens with zero attached hydrogens (tertiary/aromatic N) is 1. The van der Waals surface area contributed by atoms with Crippen molar-refractivity contribution < 1.29 is 67.5 Å². The van der Waals surface area contributed by atoms with Crippen LogP contribution in [0.2, 0.25) is 0 Å². The Morgan fingerprint density at radius 2 is 1.96 bits per heavy atom. The van der Waals surface area contributed by atoms with Gasteiger partial charge in [0.15, 0.2) is 0 Å². The van der Waals surface area contributed by atoms with Crippen LogP contribution < -0.4 is 34.9 Å². The number of anilines is 1. The van der Waals surface area contributed by atoms with Gasteiger partial charge >= 0.3 is 35.5 Å². The molecule has 26 heavy (non-hydrogen) atoms. The van der Waals surface area contributed by atoms with Crippen molar-refractivity contribution in [2.45, 2.75) is 11.7 Å². The van der Waals surface area contributed by atoms with E-state index in [4.69, 9.17) is 4.84 Å². The summed E-state index contributed by atoms with van der Waals surface area (Å²) in [5, 5.41) is 1.13. The summed E-state index contributed by atoms with van der Waals surface area (Å²) in [6.45, 7) is 0. The maximum Gasteiger partial charge on any atom is 1.00 e. The van der Waals surface area contributed by atoms with Gasteiger partial charge in [-0.15, -0.1) is 5.06 Å². The van der Waals surface area contributed by atoms with Gasteiger partial charge in [0, 0.05) is 17.4 Å². The molecule has 0 aliphatic carbocycles. The first kappa shape index (κ1) is 24.9. The molecule has 3 amide bonds. The molecule has 1 atom stereocenters. The molecule has 13 heteroatoms. The monoisotopic (exact) mass is 507 g/mol. The normalized spacial score (nSPS) is 15.9. The Morgan fingerprint density at radius 1 is 1.31 bits per heavy atom. The zero-order chi connectivity index (χ0) is 17.9. The van der Waals surface area contributed by atoms with E-state index in [1.807, 2.05) is 22.6 Å². The van der Waals surface area contributed by atoms with Gasteiger partial charge in [0.05, 0.1) is 9.99 Å². The number of benzene rings is 1. The van der Waals surface area contributed by atoms with Crippen LogP contribution in [-0.2, 0) is 43.8 Å². The summed E-state index contributed by atoms with van der Waals surface area (Å²) in [5.41, 5.74) is 0.317. The molecule has 1 aliphatic rings. The van der Waals surface area contributed by atoms with E-state index in [0.717, 1.165) is 0 Å². The fraction of sp³-hybridized carbons (Fsp3) is 0.231. The van der Waals surface area contributed by atoms with Gasteiger partial charge in [0.1, 0.15) is 0 Å². The van der Waals surface area contributed by atoms with Crippen molar-refractivity contribution >= 4 is 62.7 Å². The molecule has 0 bridgehead atoms. The Bertz CT molecular complexity index is 792. The summed E-state index contributed by atoms with van der Waals surface area (Å²) >= 11 is 1.87. The molecule has 10 nitrogen and oxygen atoms in total. The molecule has 0 radical (unpaired) electrons. The van der Waals surface area contributed by atoms with Gasteiger partial charge in [0.2, 0.25) is 5.91 Å². The Balaban J connectivity index is 0.00000312. The van der Waals surface area contributed by atoms with Crippen LogP contribution in [0, 0.1) is 0 Å². The number of hydroxylamine groups is 2. The Hall–Kier alpha value is -1.06. The molecule has 1 fully saturated rings. The van der Waals surface area contributed by atoms with E-state index in [0.29, 0.717) is 5.69 Å². The van der Waals surface area contributed by atoms with Crippen LogP contribution in [0.15, 0.2) is 24.3 Å². The largest absolute Gasteiger partial charge is 1.00 e. The topological polar surface area (TPSA) is 160 Å². The number of halogens is 1. The standard InChI is InChI=1S/C13H10IN2O7S.Na.H2O/c14-6-10(17)15-8-3-1-2-7(4-8)13(20)23-16-11(18)5-9(12(16)19)24(21)22;;/h1-4,9H,5-6H2,(H,15,17);;1H2/q-1;+1;/p+1. The number of carbonyl (C=O) groups excluding carboxylic acids is 4. The van der Waals surface area contributed by atoms with Gasteiger partial charge in [-0.2, -0.15) is 0 Å². The van der Waals surface area contributed by atoms with Gasteiger partial charge in [-0.3, -0.25) is 14.4 Å². The third-order valence-electron chi connectivity index (χ3n) is 2.97. The maximum atomic E-state index is 12.0. The Kier molecular flexibility index (Phi) is 10.5. The van der Waals surface area contributed by atoms with Crippen LogP contribution in [0.5, 0.6) is 0 Å². The molecule has 0 saturated carbocycles. The average molecular weight is 507 g/mol. The minimum Gasteiger partial charge on any atom is -0.457 e. The third kappa shape index (κ3) is 5.99. The molecule has 1 aromatic rings. The van der Waals surface area contributed by atoms with E-state index in [2.05, 4.69) is 5.32 Å². The summed E-state index contributed by atoms with van der Waals surface area (Å²) in [4.78, 5) is 51.4. The molecular weight excluding hydrogens is 494 g/mol. The number of carbonyl (C=O) groups is 4. The predicted molar refractivity (Wildman–Crippen MR) is 93.2 cm³/mol. The molecule has 1 aromatic carbocycles. The summed E-state index contributed by atoms with van der Waals surface area (Å²) < 4.78 is 21.9. The second-order valence-corrected chi connectivity index (χ2v) is 6.47. The first-order valence-corrected chi connectivity index (χ1v) is 9.13. The van der Waals surface area contributed by atoms with Crippen molar-refractivity contribution in [3.8, 4) is 0 Å². The quantitative estimate of drug-likeness (QED) is 0.109. The second kappa shape index (κ2) is 10.9. The third-order valence-corrected chi connectivity index (χ3v) is 4.50. The number of hydrogen-bond donors (Lipinski definition) is 1. The minimum absolute atomic E-state index is 0. The Morgan fingerprint density at radius 3 is 2.50 bits per heavy atom. The molecule has 1 aliphatic heterocycles. The van der Waals surface area contributed by atoms with E-state index in [1.165, 1.54) is 18.2 Å². The summed E-state index contributed by atoms with van der Waals surface area (Å²) in [6, 6.07) is 5.68. The van der Waals surface area contributed by atoms with Gasteiger partial charge in [0.25, 0.3) is 11.8 Å². The molecule has 0 spiro atoms. The van der Waals surface area contributed by atoms with E-state index in [1.54, 1.807) is 6.07 Å². The van der Waals surface area contributed by atoms with Crippen LogP contribution in [0.3, 0.4) is 0 Å².